The smallest absolute Gasteiger partial charge is 0.326 e. The molecule has 0 atom stereocenters. The number of alkyl halides is 3. The van der Waals surface area contributed by atoms with Gasteiger partial charge in [-0.2, -0.15) is 13.2 Å². The van der Waals surface area contributed by atoms with Crippen molar-refractivity contribution in [2.45, 2.75) is 32.5 Å². The number of benzene rings is 1. The Morgan fingerprint density at radius 1 is 1.20 bits per heavy atom. The van der Waals surface area contributed by atoms with Crippen LogP contribution in [-0.4, -0.2) is 15.7 Å². The summed E-state index contributed by atoms with van der Waals surface area (Å²) in [6.07, 6.45) is -3.10. The van der Waals surface area contributed by atoms with Crippen LogP contribution in [0.3, 0.4) is 0 Å². The molecule has 0 amide bonds. The largest absolute Gasteiger partial charge is 0.389 e. The number of aromatic nitrogens is 2. The van der Waals surface area contributed by atoms with Crippen LogP contribution < -0.4 is 5.32 Å². The fourth-order valence-corrected chi connectivity index (χ4v) is 1.92. The molecule has 1 N–H and O–H groups in total. The first-order valence-corrected chi connectivity index (χ1v) is 6.37. The maximum Gasteiger partial charge on any atom is 0.389 e. The molecule has 0 fully saturated rings. The maximum absolute atomic E-state index is 12.2. The zero-order chi connectivity index (χ0) is 14.6. The van der Waals surface area contributed by atoms with Crippen LogP contribution in [0.25, 0.3) is 0 Å². The minimum atomic E-state index is -4.11. The highest BCUT2D eigenvalue weighted by atomic mass is 19.4. The van der Waals surface area contributed by atoms with Crippen molar-refractivity contribution < 1.29 is 13.2 Å². The van der Waals surface area contributed by atoms with Crippen LogP contribution in [0, 0.1) is 6.92 Å². The number of anilines is 2. The van der Waals surface area contributed by atoms with E-state index in [9.17, 15) is 13.2 Å². The number of nitrogens with zero attached hydrogens (tertiary/aromatic N) is 2. The number of hydrogen-bond donors (Lipinski definition) is 1. The van der Waals surface area contributed by atoms with Crippen molar-refractivity contribution in [2.24, 2.45) is 0 Å². The fraction of sp³-hybridized carbons (Fsp3) is 0.357. The average Bonchev–Trinajstić information content (AvgIpc) is 2.69. The zero-order valence-corrected chi connectivity index (χ0v) is 11.1. The lowest BCUT2D eigenvalue weighted by molar-refractivity contribution is -0.135. The molecule has 2 rings (SSSR count). The third-order valence-electron chi connectivity index (χ3n) is 2.79. The summed E-state index contributed by atoms with van der Waals surface area (Å²) in [5.74, 6) is 0.566. The minimum Gasteiger partial charge on any atom is -0.326 e. The lowest BCUT2D eigenvalue weighted by atomic mass is 10.3. The van der Waals surface area contributed by atoms with Crippen molar-refractivity contribution in [3.05, 3.63) is 42.2 Å². The molecule has 1 aromatic heterocycles. The summed E-state index contributed by atoms with van der Waals surface area (Å²) >= 11 is 0. The third kappa shape index (κ3) is 4.29. The highest BCUT2D eigenvalue weighted by Crippen LogP contribution is 2.23. The molecule has 0 aliphatic heterocycles. The second-order valence-electron chi connectivity index (χ2n) is 4.61. The van der Waals surface area contributed by atoms with Gasteiger partial charge in [0.2, 0.25) is 5.95 Å². The molecule has 0 aliphatic rings. The Hall–Kier alpha value is -1.98. The summed E-state index contributed by atoms with van der Waals surface area (Å²) in [4.78, 5) is 4.29. The Labute approximate surface area is 115 Å². The molecule has 0 radical (unpaired) electrons. The van der Waals surface area contributed by atoms with Crippen LogP contribution in [-0.2, 0) is 6.54 Å². The Morgan fingerprint density at radius 3 is 2.55 bits per heavy atom. The summed E-state index contributed by atoms with van der Waals surface area (Å²) in [5.41, 5.74) is 1.63. The zero-order valence-electron chi connectivity index (χ0n) is 11.1. The monoisotopic (exact) mass is 283 g/mol. The Kier molecular flexibility index (Phi) is 4.32. The summed E-state index contributed by atoms with van der Waals surface area (Å²) in [7, 11) is 0. The van der Waals surface area contributed by atoms with Crippen molar-refractivity contribution in [3.63, 3.8) is 0 Å². The Balaban J connectivity index is 2.03. The van der Waals surface area contributed by atoms with E-state index in [2.05, 4.69) is 10.3 Å². The lowest BCUT2D eigenvalue weighted by Crippen LogP contribution is -2.10. The number of nitrogens with one attached hydrogen (secondary N) is 1. The molecule has 20 heavy (non-hydrogen) atoms. The number of para-hydroxylation sites is 1. The van der Waals surface area contributed by atoms with E-state index < -0.39 is 12.6 Å². The van der Waals surface area contributed by atoms with Crippen LogP contribution >= 0.6 is 0 Å². The van der Waals surface area contributed by atoms with Gasteiger partial charge in [0.25, 0.3) is 0 Å². The van der Waals surface area contributed by atoms with Gasteiger partial charge < -0.3 is 9.88 Å². The molecule has 0 saturated heterocycles. The molecule has 0 unspecified atom stereocenters. The van der Waals surface area contributed by atoms with E-state index in [4.69, 9.17) is 0 Å². The fourth-order valence-electron chi connectivity index (χ4n) is 1.92. The number of rotatable bonds is 5. The molecular formula is C14H16F3N3. The highest BCUT2D eigenvalue weighted by molar-refractivity contribution is 5.53. The van der Waals surface area contributed by atoms with Crippen LogP contribution in [0.2, 0.25) is 0 Å². The first kappa shape index (κ1) is 14.4. The number of halogens is 3. The molecule has 1 aromatic carbocycles. The first-order chi connectivity index (χ1) is 9.44. The average molecular weight is 283 g/mol. The van der Waals surface area contributed by atoms with Crippen molar-refractivity contribution in [2.75, 3.05) is 5.32 Å². The molecule has 0 bridgehead atoms. The van der Waals surface area contributed by atoms with Crippen LogP contribution in [0.4, 0.5) is 24.8 Å². The second-order valence-corrected chi connectivity index (χ2v) is 4.61. The van der Waals surface area contributed by atoms with E-state index >= 15 is 0 Å². The molecule has 6 heteroatoms. The molecule has 3 nitrogen and oxygen atoms in total. The lowest BCUT2D eigenvalue weighted by Gasteiger charge is -2.10. The van der Waals surface area contributed by atoms with Crippen molar-refractivity contribution >= 4 is 11.6 Å². The van der Waals surface area contributed by atoms with Gasteiger partial charge in [0, 0.05) is 24.8 Å². The quantitative estimate of drug-likeness (QED) is 0.887. The van der Waals surface area contributed by atoms with E-state index in [0.717, 1.165) is 11.4 Å². The van der Waals surface area contributed by atoms with Crippen molar-refractivity contribution in [1.82, 2.24) is 9.55 Å². The predicted molar refractivity (Wildman–Crippen MR) is 72.0 cm³/mol. The molecule has 2 aromatic rings. The van der Waals surface area contributed by atoms with Crippen molar-refractivity contribution in [1.29, 1.82) is 0 Å². The topological polar surface area (TPSA) is 29.9 Å². The predicted octanol–water partition coefficient (Wildman–Crippen LogP) is 4.28. The molecule has 0 spiro atoms. The first-order valence-electron chi connectivity index (χ1n) is 6.37. The SMILES string of the molecule is Cc1cn(CCCC(F)(F)F)c(Nc2ccccc2)n1. The second kappa shape index (κ2) is 5.98. The normalized spacial score (nSPS) is 11.6. The standard InChI is InChI=1S/C14H16F3N3/c1-11-10-20(9-5-8-14(15,16)17)13(18-11)19-12-6-3-2-4-7-12/h2-4,6-7,10H,5,8-9H2,1H3,(H,18,19). The van der Waals surface area contributed by atoms with E-state index in [0.29, 0.717) is 5.95 Å². The van der Waals surface area contributed by atoms with Gasteiger partial charge >= 0.3 is 6.18 Å². The summed E-state index contributed by atoms with van der Waals surface area (Å²) in [6, 6.07) is 9.42. The summed E-state index contributed by atoms with van der Waals surface area (Å²) in [6.45, 7) is 2.10. The van der Waals surface area contributed by atoms with Gasteiger partial charge in [-0.15, -0.1) is 0 Å². The number of aryl methyl sites for hydroxylation is 2. The number of imidazole rings is 1. The van der Waals surface area contributed by atoms with Gasteiger partial charge in [0.15, 0.2) is 0 Å². The van der Waals surface area contributed by atoms with E-state index in [1.165, 1.54) is 0 Å². The van der Waals surface area contributed by atoms with Crippen LogP contribution in [0.1, 0.15) is 18.5 Å². The van der Waals surface area contributed by atoms with Gasteiger partial charge in [0.05, 0.1) is 5.69 Å². The van der Waals surface area contributed by atoms with Gasteiger partial charge in [-0.3, -0.25) is 0 Å². The minimum absolute atomic E-state index is 0.0444. The van der Waals surface area contributed by atoms with Crippen molar-refractivity contribution in [3.8, 4) is 0 Å². The summed E-state index contributed by atoms with van der Waals surface area (Å²) < 4.78 is 38.2. The molecular weight excluding hydrogens is 267 g/mol. The molecule has 0 aliphatic carbocycles. The maximum atomic E-state index is 12.2. The van der Waals surface area contributed by atoms with E-state index in [-0.39, 0.29) is 13.0 Å². The van der Waals surface area contributed by atoms with Gasteiger partial charge in [-0.25, -0.2) is 4.98 Å². The Morgan fingerprint density at radius 2 is 1.90 bits per heavy atom. The molecule has 108 valence electrons. The van der Waals surface area contributed by atoms with Gasteiger partial charge in [-0.05, 0) is 25.5 Å². The third-order valence-corrected chi connectivity index (χ3v) is 2.79. The number of hydrogen-bond acceptors (Lipinski definition) is 2. The Bertz CT molecular complexity index is 547. The molecule has 1 heterocycles. The van der Waals surface area contributed by atoms with Gasteiger partial charge in [0.1, 0.15) is 0 Å². The van der Waals surface area contributed by atoms with Crippen LogP contribution in [0.5, 0.6) is 0 Å². The summed E-state index contributed by atoms with van der Waals surface area (Å²) in [5, 5.41) is 3.11. The van der Waals surface area contributed by atoms with Crippen LogP contribution in [0.15, 0.2) is 36.5 Å². The van der Waals surface area contributed by atoms with E-state index in [1.807, 2.05) is 37.3 Å². The highest BCUT2D eigenvalue weighted by Gasteiger charge is 2.26. The van der Waals surface area contributed by atoms with Gasteiger partial charge in [-0.1, -0.05) is 18.2 Å². The molecule has 0 saturated carbocycles. The van der Waals surface area contributed by atoms with E-state index in [1.54, 1.807) is 10.8 Å².